The molecule has 0 amide bonds. The third-order valence-corrected chi connectivity index (χ3v) is 3.60. The molecule has 0 saturated carbocycles. The first kappa shape index (κ1) is 12.9. The van der Waals surface area contributed by atoms with Crippen LogP contribution in [0, 0.1) is 0 Å². The average molecular weight is 297 g/mol. The molecule has 0 aliphatic heterocycles. The molecular formula is C6H2Cl3F2NO2S. The molecule has 3 nitrogen and oxygen atoms in total. The van der Waals surface area contributed by atoms with Crippen molar-refractivity contribution in [3.63, 3.8) is 0 Å². The Morgan fingerprint density at radius 1 is 1.33 bits per heavy atom. The Kier molecular flexibility index (Phi) is 3.76. The Morgan fingerprint density at radius 3 is 2.27 bits per heavy atom. The van der Waals surface area contributed by atoms with Crippen molar-refractivity contribution in [3.05, 3.63) is 21.9 Å². The molecule has 0 radical (unpaired) electrons. The van der Waals surface area contributed by atoms with Crippen LogP contribution in [0.2, 0.25) is 10.2 Å². The Balaban J connectivity index is 3.52. The Labute approximate surface area is 98.4 Å². The van der Waals surface area contributed by atoms with E-state index in [9.17, 15) is 17.2 Å². The molecule has 0 saturated heterocycles. The van der Waals surface area contributed by atoms with Gasteiger partial charge in [0.05, 0.1) is 5.02 Å². The largest absolute Gasteiger partial charge is 0.280 e. The normalized spacial score (nSPS) is 12.1. The van der Waals surface area contributed by atoms with Gasteiger partial charge in [-0.3, -0.25) is 0 Å². The predicted octanol–water partition coefficient (Wildman–Crippen LogP) is 3.25. The Hall–Kier alpha value is -0.170. The molecule has 0 spiro atoms. The van der Waals surface area contributed by atoms with E-state index in [1.54, 1.807) is 0 Å². The fourth-order valence-electron chi connectivity index (χ4n) is 0.783. The van der Waals surface area contributed by atoms with Crippen molar-refractivity contribution in [1.82, 2.24) is 4.98 Å². The SMILES string of the molecule is O=S(=O)(Cl)c1cc(C(F)F)nc(Cl)c1Cl. The van der Waals surface area contributed by atoms with Crippen LogP contribution in [0.15, 0.2) is 11.0 Å². The first-order chi connectivity index (χ1) is 6.73. The van der Waals surface area contributed by atoms with Crippen molar-refractivity contribution in [2.45, 2.75) is 11.3 Å². The highest BCUT2D eigenvalue weighted by molar-refractivity contribution is 8.13. The molecule has 0 bridgehead atoms. The summed E-state index contributed by atoms with van der Waals surface area (Å²) in [4.78, 5) is 2.53. The van der Waals surface area contributed by atoms with Gasteiger partial charge in [-0.05, 0) is 6.07 Å². The summed E-state index contributed by atoms with van der Waals surface area (Å²) in [5, 5.41) is -1.01. The van der Waals surface area contributed by atoms with E-state index in [2.05, 4.69) is 4.98 Å². The summed E-state index contributed by atoms with van der Waals surface area (Å²) in [5.41, 5.74) is -0.802. The lowest BCUT2D eigenvalue weighted by Gasteiger charge is -2.05. The molecule has 0 unspecified atom stereocenters. The zero-order valence-corrected chi connectivity index (χ0v) is 9.80. The average Bonchev–Trinajstić information content (AvgIpc) is 2.06. The zero-order chi connectivity index (χ0) is 11.8. The van der Waals surface area contributed by atoms with Crippen LogP contribution in [-0.2, 0) is 9.05 Å². The lowest BCUT2D eigenvalue weighted by Crippen LogP contribution is -1.99. The minimum atomic E-state index is -4.23. The molecule has 0 fully saturated rings. The Bertz CT molecular complexity index is 491. The summed E-state index contributed by atoms with van der Waals surface area (Å²) >= 11 is 10.8. The van der Waals surface area contributed by atoms with E-state index in [0.29, 0.717) is 6.07 Å². The molecule has 0 aromatic carbocycles. The Morgan fingerprint density at radius 2 is 1.87 bits per heavy atom. The summed E-state index contributed by atoms with van der Waals surface area (Å²) in [6.07, 6.45) is -2.96. The molecule has 1 aromatic rings. The third kappa shape index (κ3) is 2.90. The zero-order valence-electron chi connectivity index (χ0n) is 6.72. The minimum Gasteiger partial charge on any atom is -0.233 e. The maximum absolute atomic E-state index is 12.2. The highest BCUT2D eigenvalue weighted by atomic mass is 35.7. The van der Waals surface area contributed by atoms with Gasteiger partial charge in [-0.25, -0.2) is 22.2 Å². The van der Waals surface area contributed by atoms with Gasteiger partial charge in [0.25, 0.3) is 15.5 Å². The van der Waals surface area contributed by atoms with E-state index >= 15 is 0 Å². The third-order valence-electron chi connectivity index (χ3n) is 1.39. The van der Waals surface area contributed by atoms with E-state index in [-0.39, 0.29) is 0 Å². The molecule has 9 heteroatoms. The number of alkyl halides is 2. The van der Waals surface area contributed by atoms with Crippen molar-refractivity contribution < 1.29 is 17.2 Å². The number of hydrogen-bond acceptors (Lipinski definition) is 3. The van der Waals surface area contributed by atoms with Gasteiger partial charge in [0.15, 0.2) is 0 Å². The molecular weight excluding hydrogens is 294 g/mol. The maximum Gasteiger partial charge on any atom is 0.280 e. The van der Waals surface area contributed by atoms with Crippen molar-refractivity contribution in [2.24, 2.45) is 0 Å². The molecule has 0 N–H and O–H groups in total. The van der Waals surface area contributed by atoms with Crippen LogP contribution in [0.25, 0.3) is 0 Å². The number of nitrogens with zero attached hydrogens (tertiary/aromatic N) is 1. The van der Waals surface area contributed by atoms with Crippen LogP contribution in [0.1, 0.15) is 12.1 Å². The highest BCUT2D eigenvalue weighted by Gasteiger charge is 2.22. The molecule has 0 aliphatic rings. The minimum absolute atomic E-state index is 0.476. The van der Waals surface area contributed by atoms with Crippen LogP contribution >= 0.6 is 33.9 Å². The molecule has 84 valence electrons. The van der Waals surface area contributed by atoms with Gasteiger partial charge < -0.3 is 0 Å². The number of halogens is 5. The van der Waals surface area contributed by atoms with Crippen molar-refractivity contribution >= 4 is 42.9 Å². The molecule has 15 heavy (non-hydrogen) atoms. The number of aromatic nitrogens is 1. The molecule has 1 aromatic heterocycles. The lowest BCUT2D eigenvalue weighted by atomic mass is 10.3. The van der Waals surface area contributed by atoms with Gasteiger partial charge in [-0.1, -0.05) is 23.2 Å². The lowest BCUT2D eigenvalue weighted by molar-refractivity contribution is 0.146. The van der Waals surface area contributed by atoms with Crippen LogP contribution in [0.3, 0.4) is 0 Å². The maximum atomic E-state index is 12.2. The smallest absolute Gasteiger partial charge is 0.233 e. The number of pyridine rings is 1. The summed E-state index contributed by atoms with van der Waals surface area (Å²) < 4.78 is 46.4. The van der Waals surface area contributed by atoms with Crippen molar-refractivity contribution in [1.29, 1.82) is 0 Å². The van der Waals surface area contributed by atoms with Gasteiger partial charge in [-0.2, -0.15) is 0 Å². The monoisotopic (exact) mass is 295 g/mol. The predicted molar refractivity (Wildman–Crippen MR) is 52.3 cm³/mol. The van der Waals surface area contributed by atoms with Crippen LogP contribution < -0.4 is 0 Å². The number of rotatable bonds is 2. The van der Waals surface area contributed by atoms with E-state index in [4.69, 9.17) is 33.9 Å². The van der Waals surface area contributed by atoms with E-state index in [1.165, 1.54) is 0 Å². The second-order valence-corrected chi connectivity index (χ2v) is 5.66. The first-order valence-corrected chi connectivity index (χ1v) is 6.38. The van der Waals surface area contributed by atoms with Gasteiger partial charge in [0.2, 0.25) is 0 Å². The van der Waals surface area contributed by atoms with E-state index in [1.807, 2.05) is 0 Å². The first-order valence-electron chi connectivity index (χ1n) is 3.32. The molecule has 1 heterocycles. The second kappa shape index (κ2) is 4.37. The molecule has 1 rings (SSSR count). The van der Waals surface area contributed by atoms with Gasteiger partial charge in [0, 0.05) is 10.7 Å². The summed E-state index contributed by atoms with van der Waals surface area (Å²) in [7, 11) is 0.739. The fraction of sp³-hybridized carbons (Fsp3) is 0.167. The summed E-state index contributed by atoms with van der Waals surface area (Å²) in [6, 6.07) is 0.585. The fourth-order valence-corrected chi connectivity index (χ4v) is 2.50. The highest BCUT2D eigenvalue weighted by Crippen LogP contribution is 2.33. The van der Waals surface area contributed by atoms with E-state index < -0.39 is 36.2 Å². The second-order valence-electron chi connectivity index (χ2n) is 2.39. The molecule has 0 atom stereocenters. The van der Waals surface area contributed by atoms with Gasteiger partial charge >= 0.3 is 0 Å². The van der Waals surface area contributed by atoms with Crippen LogP contribution in [-0.4, -0.2) is 13.4 Å². The number of hydrogen-bond donors (Lipinski definition) is 0. The topological polar surface area (TPSA) is 47.0 Å². The van der Waals surface area contributed by atoms with Crippen LogP contribution in [0.4, 0.5) is 8.78 Å². The summed E-state index contributed by atoms with van der Waals surface area (Å²) in [6.45, 7) is 0. The van der Waals surface area contributed by atoms with Crippen molar-refractivity contribution in [2.75, 3.05) is 0 Å². The molecule has 0 aliphatic carbocycles. The van der Waals surface area contributed by atoms with Crippen LogP contribution in [0.5, 0.6) is 0 Å². The van der Waals surface area contributed by atoms with Gasteiger partial charge in [-0.15, -0.1) is 0 Å². The quantitative estimate of drug-likeness (QED) is 0.621. The van der Waals surface area contributed by atoms with Crippen molar-refractivity contribution in [3.8, 4) is 0 Å². The van der Waals surface area contributed by atoms with E-state index in [0.717, 1.165) is 0 Å². The standard InChI is InChI=1S/C6H2Cl3F2NO2S/c7-4-3(15(9,13)14)1-2(6(10)11)12-5(4)8/h1,6H. The summed E-state index contributed by atoms with van der Waals surface area (Å²) in [5.74, 6) is 0. The van der Waals surface area contributed by atoms with Gasteiger partial charge in [0.1, 0.15) is 15.7 Å².